The molecule has 0 bridgehead atoms. The van der Waals surface area contributed by atoms with Crippen LogP contribution in [0.15, 0.2) is 0 Å². The molecule has 1 saturated heterocycles. The van der Waals surface area contributed by atoms with Crippen LogP contribution in [0.25, 0.3) is 0 Å². The quantitative estimate of drug-likeness (QED) is 0.805. The van der Waals surface area contributed by atoms with E-state index in [-0.39, 0.29) is 12.5 Å². The van der Waals surface area contributed by atoms with Crippen LogP contribution in [0.5, 0.6) is 0 Å². The first-order chi connectivity index (χ1) is 11.1. The summed E-state index contributed by atoms with van der Waals surface area (Å²) in [6.07, 6.45) is 5.37. The number of anilines is 1. The van der Waals surface area contributed by atoms with E-state index in [4.69, 9.17) is 0 Å². The Hall–Kier alpha value is -2.03. The Morgan fingerprint density at radius 3 is 2.74 bits per heavy atom. The molecule has 0 aromatic carbocycles. The zero-order valence-electron chi connectivity index (χ0n) is 12.5. The van der Waals surface area contributed by atoms with Crippen LogP contribution in [-0.2, 0) is 9.59 Å². The van der Waals surface area contributed by atoms with E-state index in [1.165, 1.54) is 11.3 Å². The minimum Gasteiger partial charge on any atom is -0.323 e. The summed E-state index contributed by atoms with van der Waals surface area (Å²) >= 11 is 1.35. The van der Waals surface area contributed by atoms with Gasteiger partial charge in [0, 0.05) is 5.92 Å². The van der Waals surface area contributed by atoms with Gasteiger partial charge in [-0.3, -0.25) is 19.8 Å². The molecule has 2 heterocycles. The number of rotatable bonds is 4. The number of urea groups is 1. The Bertz CT molecular complexity index is 678. The molecule has 9 heteroatoms. The van der Waals surface area contributed by atoms with Gasteiger partial charge in [0.2, 0.25) is 11.0 Å². The lowest BCUT2D eigenvalue weighted by atomic mass is 9.98. The number of carbonyl (C=O) groups is 3. The number of amides is 4. The van der Waals surface area contributed by atoms with Gasteiger partial charge in [0.05, 0.1) is 0 Å². The van der Waals surface area contributed by atoms with Gasteiger partial charge in [-0.2, -0.15) is 0 Å². The Morgan fingerprint density at radius 1 is 1.30 bits per heavy atom. The molecular weight excluding hydrogens is 318 g/mol. The molecule has 4 amide bonds. The molecule has 4 rings (SSSR count). The van der Waals surface area contributed by atoms with Crippen molar-refractivity contribution in [2.24, 2.45) is 0 Å². The van der Waals surface area contributed by atoms with Crippen LogP contribution in [0, 0.1) is 0 Å². The van der Waals surface area contributed by atoms with Crippen molar-refractivity contribution in [3.63, 3.8) is 0 Å². The summed E-state index contributed by atoms with van der Waals surface area (Å²) in [4.78, 5) is 37.6. The van der Waals surface area contributed by atoms with Crippen molar-refractivity contribution in [1.29, 1.82) is 0 Å². The standard InChI is InChI=1S/C14H17N5O3S/c20-9(15-12-18-17-10(23-12)8-3-4-8)7-19-11(21)14(16-13(19)22)5-1-2-6-14/h8H,1-7H2,(H,16,22)(H,15,18,20). The van der Waals surface area contributed by atoms with Crippen molar-refractivity contribution in [3.8, 4) is 0 Å². The maximum absolute atomic E-state index is 12.5. The fourth-order valence-electron chi connectivity index (χ4n) is 3.22. The minimum absolute atomic E-state index is 0.286. The summed E-state index contributed by atoms with van der Waals surface area (Å²) in [5, 5.41) is 14.7. The van der Waals surface area contributed by atoms with E-state index in [0.29, 0.717) is 23.9 Å². The number of hydrogen-bond donors (Lipinski definition) is 2. The number of nitrogens with one attached hydrogen (secondary N) is 2. The Labute approximate surface area is 136 Å². The molecule has 1 aromatic heterocycles. The van der Waals surface area contributed by atoms with Gasteiger partial charge < -0.3 is 5.32 Å². The van der Waals surface area contributed by atoms with Gasteiger partial charge in [0.1, 0.15) is 17.1 Å². The molecule has 0 unspecified atom stereocenters. The van der Waals surface area contributed by atoms with Crippen LogP contribution in [0.4, 0.5) is 9.93 Å². The summed E-state index contributed by atoms with van der Waals surface area (Å²) in [6, 6.07) is -0.483. The number of nitrogens with zero attached hydrogens (tertiary/aromatic N) is 3. The van der Waals surface area contributed by atoms with Crippen LogP contribution < -0.4 is 10.6 Å². The van der Waals surface area contributed by atoms with Crippen molar-refractivity contribution < 1.29 is 14.4 Å². The molecule has 0 radical (unpaired) electrons. The van der Waals surface area contributed by atoms with Crippen molar-refractivity contribution in [3.05, 3.63) is 5.01 Å². The van der Waals surface area contributed by atoms with Crippen LogP contribution >= 0.6 is 11.3 Å². The summed E-state index contributed by atoms with van der Waals surface area (Å²) in [7, 11) is 0. The van der Waals surface area contributed by atoms with E-state index >= 15 is 0 Å². The van der Waals surface area contributed by atoms with Crippen molar-refractivity contribution >= 4 is 34.3 Å². The van der Waals surface area contributed by atoms with Crippen LogP contribution in [0.1, 0.15) is 49.5 Å². The van der Waals surface area contributed by atoms with E-state index in [1.807, 2.05) is 0 Å². The third-order valence-corrected chi connectivity index (χ3v) is 5.62. The largest absolute Gasteiger partial charge is 0.325 e. The van der Waals surface area contributed by atoms with Crippen LogP contribution in [0.2, 0.25) is 0 Å². The maximum atomic E-state index is 12.5. The number of imide groups is 1. The van der Waals surface area contributed by atoms with E-state index in [2.05, 4.69) is 20.8 Å². The van der Waals surface area contributed by atoms with Crippen molar-refractivity contribution in [1.82, 2.24) is 20.4 Å². The van der Waals surface area contributed by atoms with Crippen LogP contribution in [-0.4, -0.2) is 45.0 Å². The van der Waals surface area contributed by atoms with Crippen molar-refractivity contribution in [2.45, 2.75) is 50.0 Å². The Morgan fingerprint density at radius 2 is 2.04 bits per heavy atom. The topological polar surface area (TPSA) is 104 Å². The molecule has 122 valence electrons. The highest BCUT2D eigenvalue weighted by Crippen LogP contribution is 2.42. The van der Waals surface area contributed by atoms with Crippen molar-refractivity contribution in [2.75, 3.05) is 11.9 Å². The molecular formula is C14H17N5O3S. The summed E-state index contributed by atoms with van der Waals surface area (Å²) in [6.45, 7) is -0.287. The fourth-order valence-corrected chi connectivity index (χ4v) is 4.15. The lowest BCUT2D eigenvalue weighted by Crippen LogP contribution is -2.44. The first kappa shape index (κ1) is 14.6. The SMILES string of the molecule is O=C(CN1C(=O)NC2(CCCC2)C1=O)Nc1nnc(C2CC2)s1. The summed E-state index contributed by atoms with van der Waals surface area (Å²) in [5.74, 6) is -0.237. The normalized spacial score (nSPS) is 22.7. The second kappa shape index (κ2) is 5.26. The highest BCUT2D eigenvalue weighted by Gasteiger charge is 2.52. The molecule has 0 atom stereocenters. The second-order valence-electron chi connectivity index (χ2n) is 6.38. The molecule has 1 spiro atoms. The van der Waals surface area contributed by atoms with E-state index in [0.717, 1.165) is 35.6 Å². The smallest absolute Gasteiger partial charge is 0.323 e. The third kappa shape index (κ3) is 2.58. The van der Waals surface area contributed by atoms with Crippen LogP contribution in [0.3, 0.4) is 0 Å². The summed E-state index contributed by atoms with van der Waals surface area (Å²) < 4.78 is 0. The lowest BCUT2D eigenvalue weighted by molar-refractivity contribution is -0.133. The second-order valence-corrected chi connectivity index (χ2v) is 7.39. The molecule has 1 aromatic rings. The van der Waals surface area contributed by atoms with E-state index in [1.54, 1.807) is 0 Å². The predicted octanol–water partition coefficient (Wildman–Crippen LogP) is 1.22. The third-order valence-electron chi connectivity index (χ3n) is 4.62. The molecule has 1 aliphatic heterocycles. The summed E-state index contributed by atoms with van der Waals surface area (Å²) in [5.41, 5.74) is -0.779. The van der Waals surface area contributed by atoms with E-state index in [9.17, 15) is 14.4 Å². The number of aromatic nitrogens is 2. The molecule has 23 heavy (non-hydrogen) atoms. The predicted molar refractivity (Wildman–Crippen MR) is 82.0 cm³/mol. The molecule has 3 fully saturated rings. The number of hydrogen-bond acceptors (Lipinski definition) is 6. The minimum atomic E-state index is -0.779. The van der Waals surface area contributed by atoms with Gasteiger partial charge in [-0.15, -0.1) is 10.2 Å². The first-order valence-corrected chi connectivity index (χ1v) is 8.66. The van der Waals surface area contributed by atoms with Gasteiger partial charge in [-0.1, -0.05) is 24.2 Å². The zero-order chi connectivity index (χ0) is 16.0. The van der Waals surface area contributed by atoms with Gasteiger partial charge in [0.25, 0.3) is 5.91 Å². The molecule has 2 aliphatic carbocycles. The van der Waals surface area contributed by atoms with Gasteiger partial charge >= 0.3 is 6.03 Å². The first-order valence-electron chi connectivity index (χ1n) is 7.85. The van der Waals surface area contributed by atoms with E-state index < -0.39 is 17.5 Å². The average Bonchev–Trinajstić information content (AvgIpc) is 3.00. The van der Waals surface area contributed by atoms with Gasteiger partial charge in [-0.25, -0.2) is 4.79 Å². The zero-order valence-corrected chi connectivity index (χ0v) is 13.3. The fraction of sp³-hybridized carbons (Fsp3) is 0.643. The Kier molecular flexibility index (Phi) is 3.33. The van der Waals surface area contributed by atoms with Gasteiger partial charge in [-0.05, 0) is 25.7 Å². The highest BCUT2D eigenvalue weighted by molar-refractivity contribution is 7.15. The molecule has 2 saturated carbocycles. The monoisotopic (exact) mass is 335 g/mol. The van der Waals surface area contributed by atoms with Gasteiger partial charge in [0.15, 0.2) is 0 Å². The lowest BCUT2D eigenvalue weighted by Gasteiger charge is -2.19. The Balaban J connectivity index is 1.39. The maximum Gasteiger partial charge on any atom is 0.325 e. The molecule has 3 aliphatic rings. The average molecular weight is 335 g/mol. The molecule has 8 nitrogen and oxygen atoms in total. The number of carbonyl (C=O) groups excluding carboxylic acids is 3. The molecule has 2 N–H and O–H groups in total. The highest BCUT2D eigenvalue weighted by atomic mass is 32.1.